The van der Waals surface area contributed by atoms with E-state index in [0.717, 1.165) is 29.6 Å². The van der Waals surface area contributed by atoms with Crippen molar-refractivity contribution in [1.82, 2.24) is 4.98 Å². The molecule has 3 aromatic heterocycles. The first-order chi connectivity index (χ1) is 12.5. The van der Waals surface area contributed by atoms with Crippen LogP contribution < -0.4 is 11.1 Å². The van der Waals surface area contributed by atoms with Crippen molar-refractivity contribution in [3.63, 3.8) is 0 Å². The molecule has 0 spiro atoms. The normalized spacial score (nSPS) is 23.5. The predicted octanol–water partition coefficient (Wildman–Crippen LogP) is 5.37. The molecule has 1 aliphatic rings. The van der Waals surface area contributed by atoms with E-state index in [1.54, 1.807) is 17.4 Å². The Kier molecular flexibility index (Phi) is 5.16. The van der Waals surface area contributed by atoms with Crippen LogP contribution in [0.4, 0.5) is 5.69 Å². The van der Waals surface area contributed by atoms with Crippen LogP contribution in [0.25, 0.3) is 10.2 Å². The summed E-state index contributed by atoms with van der Waals surface area (Å²) in [6.45, 7) is 0.696. The van der Waals surface area contributed by atoms with Crippen molar-refractivity contribution in [3.05, 3.63) is 43.5 Å². The van der Waals surface area contributed by atoms with Crippen LogP contribution >= 0.6 is 45.9 Å². The lowest BCUT2D eigenvalue weighted by atomic mass is 9.80. The van der Waals surface area contributed by atoms with Crippen molar-refractivity contribution in [2.24, 2.45) is 5.73 Å². The lowest BCUT2D eigenvalue weighted by molar-refractivity contribution is -0.0158. The molecule has 0 aromatic carbocycles. The lowest BCUT2D eigenvalue weighted by Gasteiger charge is -2.37. The molecule has 1 unspecified atom stereocenters. The molecule has 1 aliphatic carbocycles. The first-order valence-corrected chi connectivity index (χ1v) is 11.0. The molecule has 4 rings (SSSR count). The third kappa shape index (κ3) is 3.23. The molecule has 2 atom stereocenters. The second kappa shape index (κ2) is 7.26. The standard InChI is InChI=1S/C18H19Cl2N3OS2/c19-13-8-11(22-9-10-4-3-7-25-10)16-15(23-13)14(20)17(26-16)18(24)6-2-1-5-12(18)21/h3-4,7-8,12,24H,1-2,5-6,9,21H2,(H,22,23)/t12-,18?/m0/s1. The number of halogens is 2. The molecular weight excluding hydrogens is 409 g/mol. The highest BCUT2D eigenvalue weighted by Crippen LogP contribution is 2.48. The Morgan fingerprint density at radius 3 is 2.96 bits per heavy atom. The fourth-order valence-corrected chi connectivity index (χ4v) is 6.09. The topological polar surface area (TPSA) is 71.2 Å². The zero-order chi connectivity index (χ0) is 18.3. The van der Waals surface area contributed by atoms with E-state index in [2.05, 4.69) is 16.4 Å². The average molecular weight is 428 g/mol. The maximum Gasteiger partial charge on any atom is 0.131 e. The predicted molar refractivity (Wildman–Crippen MR) is 112 cm³/mol. The second-order valence-electron chi connectivity index (χ2n) is 6.62. The van der Waals surface area contributed by atoms with Crippen LogP contribution in [0.15, 0.2) is 23.6 Å². The molecule has 3 aromatic rings. The van der Waals surface area contributed by atoms with Crippen molar-refractivity contribution < 1.29 is 5.11 Å². The van der Waals surface area contributed by atoms with Crippen LogP contribution in [0.3, 0.4) is 0 Å². The van der Waals surface area contributed by atoms with Crippen LogP contribution in [0.1, 0.15) is 35.4 Å². The Labute approximate surface area is 170 Å². The molecule has 3 heterocycles. The maximum atomic E-state index is 11.3. The Bertz CT molecular complexity index is 928. The number of nitrogens with zero attached hydrogens (tertiary/aromatic N) is 1. The zero-order valence-electron chi connectivity index (χ0n) is 14.0. The van der Waals surface area contributed by atoms with Crippen LogP contribution in [0, 0.1) is 0 Å². The van der Waals surface area contributed by atoms with Gasteiger partial charge in [0.25, 0.3) is 0 Å². The molecule has 0 saturated heterocycles. The molecule has 4 nitrogen and oxygen atoms in total. The van der Waals surface area contributed by atoms with Crippen LogP contribution in [0.2, 0.25) is 10.2 Å². The van der Waals surface area contributed by atoms with Gasteiger partial charge in [-0.1, -0.05) is 42.1 Å². The van der Waals surface area contributed by atoms with E-state index in [9.17, 15) is 5.11 Å². The van der Waals surface area contributed by atoms with Gasteiger partial charge in [0.15, 0.2) is 0 Å². The van der Waals surface area contributed by atoms with Gasteiger partial charge in [0, 0.05) is 23.5 Å². The van der Waals surface area contributed by atoms with Crippen LogP contribution in [-0.4, -0.2) is 16.1 Å². The van der Waals surface area contributed by atoms with Crippen molar-refractivity contribution >= 4 is 61.8 Å². The molecule has 8 heteroatoms. The fraction of sp³-hybridized carbons (Fsp3) is 0.389. The van der Waals surface area contributed by atoms with Crippen LogP contribution in [0.5, 0.6) is 0 Å². The summed E-state index contributed by atoms with van der Waals surface area (Å²) < 4.78 is 0.900. The summed E-state index contributed by atoms with van der Waals surface area (Å²) in [6, 6.07) is 5.59. The zero-order valence-corrected chi connectivity index (χ0v) is 17.1. The van der Waals surface area contributed by atoms with Gasteiger partial charge in [-0.2, -0.15) is 0 Å². The fourth-order valence-electron chi connectivity index (χ4n) is 3.48. The molecular formula is C18H19Cl2N3OS2. The van der Waals surface area contributed by atoms with E-state index in [4.69, 9.17) is 28.9 Å². The van der Waals surface area contributed by atoms with E-state index in [-0.39, 0.29) is 6.04 Å². The van der Waals surface area contributed by atoms with Gasteiger partial charge in [0.2, 0.25) is 0 Å². The SMILES string of the molecule is N[C@H]1CCCCC1(O)c1sc2c(NCc3cccs3)cc(Cl)nc2c1Cl. The van der Waals surface area contributed by atoms with Gasteiger partial charge < -0.3 is 16.2 Å². The maximum absolute atomic E-state index is 11.3. The number of rotatable bonds is 4. The Morgan fingerprint density at radius 1 is 1.38 bits per heavy atom. The molecule has 4 N–H and O–H groups in total. The smallest absolute Gasteiger partial charge is 0.131 e. The lowest BCUT2D eigenvalue weighted by Crippen LogP contribution is -2.47. The summed E-state index contributed by atoms with van der Waals surface area (Å²) in [4.78, 5) is 6.34. The van der Waals surface area contributed by atoms with Crippen molar-refractivity contribution in [3.8, 4) is 0 Å². The molecule has 0 radical (unpaired) electrons. The summed E-state index contributed by atoms with van der Waals surface area (Å²) in [5.41, 5.74) is 6.66. The minimum absolute atomic E-state index is 0.320. The molecule has 0 amide bonds. The van der Waals surface area contributed by atoms with Gasteiger partial charge >= 0.3 is 0 Å². The quantitative estimate of drug-likeness (QED) is 0.489. The second-order valence-corrected chi connectivity index (χ2v) is 9.44. The number of aromatic nitrogens is 1. The highest BCUT2D eigenvalue weighted by atomic mass is 35.5. The Balaban J connectivity index is 1.77. The van der Waals surface area contributed by atoms with Crippen molar-refractivity contribution in [2.45, 2.75) is 43.9 Å². The van der Waals surface area contributed by atoms with Gasteiger partial charge in [-0.3, -0.25) is 0 Å². The van der Waals surface area contributed by atoms with Gasteiger partial charge in [0.05, 0.1) is 20.3 Å². The Hall–Kier alpha value is -0.890. The summed E-state index contributed by atoms with van der Waals surface area (Å²) in [7, 11) is 0. The van der Waals surface area contributed by atoms with Crippen molar-refractivity contribution in [1.29, 1.82) is 0 Å². The number of fused-ring (bicyclic) bond motifs is 1. The van der Waals surface area contributed by atoms with Gasteiger partial charge in [-0.05, 0) is 24.3 Å². The van der Waals surface area contributed by atoms with Gasteiger partial charge in [0.1, 0.15) is 16.3 Å². The molecule has 1 fully saturated rings. The highest BCUT2D eigenvalue weighted by molar-refractivity contribution is 7.20. The molecule has 1 saturated carbocycles. The number of pyridine rings is 1. The van der Waals surface area contributed by atoms with Gasteiger partial charge in [-0.15, -0.1) is 22.7 Å². The Morgan fingerprint density at radius 2 is 2.23 bits per heavy atom. The minimum Gasteiger partial charge on any atom is -0.383 e. The first-order valence-electron chi connectivity index (χ1n) is 8.52. The number of thiophene rings is 2. The van der Waals surface area contributed by atoms with E-state index in [1.807, 2.05) is 11.4 Å². The molecule has 138 valence electrons. The highest BCUT2D eigenvalue weighted by Gasteiger charge is 2.42. The average Bonchev–Trinajstić information content (AvgIpc) is 3.24. The summed E-state index contributed by atoms with van der Waals surface area (Å²) >= 11 is 16.0. The van der Waals surface area contributed by atoms with E-state index in [0.29, 0.717) is 33.5 Å². The summed E-state index contributed by atoms with van der Waals surface area (Å²) in [6.07, 6.45) is 3.38. The monoisotopic (exact) mass is 427 g/mol. The third-order valence-electron chi connectivity index (χ3n) is 4.92. The number of hydrogen-bond donors (Lipinski definition) is 3. The number of anilines is 1. The largest absolute Gasteiger partial charge is 0.383 e. The number of nitrogens with one attached hydrogen (secondary N) is 1. The third-order valence-corrected chi connectivity index (χ3v) is 7.85. The summed E-state index contributed by atoms with van der Waals surface area (Å²) in [5.74, 6) is 0. The van der Waals surface area contributed by atoms with Crippen molar-refractivity contribution in [2.75, 3.05) is 5.32 Å². The number of aliphatic hydroxyl groups is 1. The first kappa shape index (κ1) is 18.5. The van der Waals surface area contributed by atoms with E-state index >= 15 is 0 Å². The number of hydrogen-bond acceptors (Lipinski definition) is 6. The van der Waals surface area contributed by atoms with Crippen LogP contribution in [-0.2, 0) is 12.1 Å². The van der Waals surface area contributed by atoms with E-state index < -0.39 is 5.60 Å². The molecule has 26 heavy (non-hydrogen) atoms. The molecule has 0 aliphatic heterocycles. The molecule has 0 bridgehead atoms. The van der Waals surface area contributed by atoms with Gasteiger partial charge in [-0.25, -0.2) is 4.98 Å². The summed E-state index contributed by atoms with van der Waals surface area (Å²) in [5, 5.41) is 17.6. The number of nitrogens with two attached hydrogens (primary N) is 1. The minimum atomic E-state index is -1.10. The van der Waals surface area contributed by atoms with E-state index in [1.165, 1.54) is 16.2 Å².